The Morgan fingerprint density at radius 2 is 1.85 bits per heavy atom. The molecule has 0 bridgehead atoms. The van der Waals surface area contributed by atoms with Gasteiger partial charge in [0.2, 0.25) is 0 Å². The van der Waals surface area contributed by atoms with Gasteiger partial charge in [-0.05, 0) is 42.0 Å². The van der Waals surface area contributed by atoms with Gasteiger partial charge in [-0.2, -0.15) is 0 Å². The third kappa shape index (κ3) is 6.08. The molecule has 0 amide bonds. The second-order valence-corrected chi connectivity index (χ2v) is 16.0. The van der Waals surface area contributed by atoms with Gasteiger partial charge < -0.3 is 14.3 Å². The smallest absolute Gasteiger partial charge is 0.609 e. The zero-order valence-corrected chi connectivity index (χ0v) is 20.5. The second-order valence-electron chi connectivity index (χ2n) is 8.66. The summed E-state index contributed by atoms with van der Waals surface area (Å²) in [5.41, 5.74) is 0. The fourth-order valence-electron chi connectivity index (χ4n) is 3.23. The summed E-state index contributed by atoms with van der Waals surface area (Å²) >= 11 is 3.85. The maximum Gasteiger partial charge on any atom is 1.00 e. The third-order valence-electron chi connectivity index (χ3n) is 5.86. The topological polar surface area (TPSA) is 41.5 Å². The molecular formula is C19H30Li2O3S2Si. The van der Waals surface area contributed by atoms with E-state index in [1.165, 1.54) is 22.5 Å². The maximum atomic E-state index is 12.2. The van der Waals surface area contributed by atoms with Gasteiger partial charge >= 0.3 is 18.9 Å². The van der Waals surface area contributed by atoms with E-state index in [2.05, 4.69) is 46.0 Å². The van der Waals surface area contributed by atoms with Gasteiger partial charge in [-0.3, -0.25) is 0 Å². The van der Waals surface area contributed by atoms with Crippen molar-refractivity contribution in [3.8, 4) is 0 Å². The van der Waals surface area contributed by atoms with Gasteiger partial charge in [-0.15, -0.1) is 23.5 Å². The van der Waals surface area contributed by atoms with E-state index < -0.39 is 8.32 Å². The minimum Gasteiger partial charge on any atom is -0.609 e. The van der Waals surface area contributed by atoms with Crippen LogP contribution in [-0.2, 0) is 9.16 Å². The predicted molar refractivity (Wildman–Crippen MR) is 114 cm³/mol. The number of hydrogen-bond donors (Lipinski definition) is 0. The van der Waals surface area contributed by atoms with Gasteiger partial charge in [0, 0.05) is 49.4 Å². The summed E-state index contributed by atoms with van der Waals surface area (Å²) in [6.07, 6.45) is 7.47. The molecule has 2 heterocycles. The molecular weight excluding hydrogens is 382 g/mol. The summed E-state index contributed by atoms with van der Waals surface area (Å²) in [7, 11) is -1.79. The Bertz CT molecular complexity index is 546. The van der Waals surface area contributed by atoms with Crippen molar-refractivity contribution in [2.75, 3.05) is 18.1 Å². The van der Waals surface area contributed by atoms with E-state index in [0.717, 1.165) is 0 Å². The van der Waals surface area contributed by atoms with Crippen LogP contribution in [0.2, 0.25) is 18.1 Å². The van der Waals surface area contributed by atoms with Crippen LogP contribution < -0.4 is 24.0 Å². The Kier molecular flexibility index (Phi) is 10.1. The Morgan fingerprint density at radius 3 is 2.44 bits per heavy atom. The van der Waals surface area contributed by atoms with Crippen molar-refractivity contribution in [3.05, 3.63) is 28.8 Å². The van der Waals surface area contributed by atoms with Gasteiger partial charge in [-0.25, -0.2) is 0 Å². The van der Waals surface area contributed by atoms with E-state index in [9.17, 15) is 5.11 Å². The molecule has 142 valence electrons. The van der Waals surface area contributed by atoms with Crippen molar-refractivity contribution >= 4 is 50.7 Å². The first kappa shape index (κ1) is 26.2. The van der Waals surface area contributed by atoms with Crippen LogP contribution in [0.15, 0.2) is 24.2 Å². The summed E-state index contributed by atoms with van der Waals surface area (Å²) in [6.45, 7) is 12.0. The number of hydrogen-bond acceptors (Lipinski definition) is 5. The van der Waals surface area contributed by atoms with Crippen LogP contribution in [0.3, 0.4) is 0 Å². The van der Waals surface area contributed by atoms with Crippen molar-refractivity contribution in [1.29, 1.82) is 0 Å². The predicted octanol–water partition coefficient (Wildman–Crippen LogP) is 1.01. The Balaban J connectivity index is 0.00000182. The number of ether oxygens (including phenoxy) is 1. The van der Waals surface area contributed by atoms with E-state index in [4.69, 9.17) is 9.16 Å². The summed E-state index contributed by atoms with van der Waals surface area (Å²) in [5.74, 6) is 2.83. The number of allylic oxidation sites excluding steroid dienone is 1. The monoisotopic (exact) mass is 412 g/mol. The first-order valence-corrected chi connectivity index (χ1v) is 14.1. The molecule has 27 heavy (non-hydrogen) atoms. The molecule has 0 saturated carbocycles. The summed E-state index contributed by atoms with van der Waals surface area (Å²) in [5, 5.41) is 12.4. The van der Waals surface area contributed by atoms with Crippen molar-refractivity contribution in [3.63, 3.8) is 0 Å². The minimum atomic E-state index is -1.79. The van der Waals surface area contributed by atoms with E-state index in [1.54, 1.807) is 6.08 Å². The minimum absolute atomic E-state index is 0. The Labute approximate surface area is 198 Å². The number of thioether (sulfide) groups is 2. The first-order chi connectivity index (χ1) is 11.7. The van der Waals surface area contributed by atoms with Gasteiger partial charge in [0.05, 0.1) is 4.58 Å². The molecule has 3 rings (SSSR count). The number of rotatable bonds is 4. The average molecular weight is 413 g/mol. The molecule has 1 saturated heterocycles. The van der Waals surface area contributed by atoms with Crippen LogP contribution in [0.25, 0.3) is 0 Å². The maximum absolute atomic E-state index is 12.2. The molecule has 3 nitrogen and oxygen atoms in total. The normalized spacial score (nSPS) is 31.2. The summed E-state index contributed by atoms with van der Waals surface area (Å²) in [6, 6.07) is 0. The first-order valence-electron chi connectivity index (χ1n) is 9.19. The van der Waals surface area contributed by atoms with Crippen molar-refractivity contribution < 1.29 is 33.1 Å². The van der Waals surface area contributed by atoms with Gasteiger partial charge in [0.15, 0.2) is 8.32 Å². The molecule has 1 aliphatic carbocycles. The van der Waals surface area contributed by atoms with Crippen LogP contribution in [0.1, 0.15) is 27.2 Å². The molecule has 0 aromatic rings. The molecule has 2 aliphatic heterocycles. The summed E-state index contributed by atoms with van der Waals surface area (Å²) < 4.78 is 13.5. The molecule has 4 atom stereocenters. The van der Waals surface area contributed by atoms with Crippen LogP contribution >= 0.6 is 23.5 Å². The van der Waals surface area contributed by atoms with Gasteiger partial charge in [0.1, 0.15) is 0 Å². The van der Waals surface area contributed by atoms with Gasteiger partial charge in [-0.1, -0.05) is 39.0 Å². The zero-order valence-electron chi connectivity index (χ0n) is 17.9. The van der Waals surface area contributed by atoms with E-state index in [1.807, 2.05) is 23.5 Å². The van der Waals surface area contributed by atoms with Crippen molar-refractivity contribution in [1.82, 2.24) is 0 Å². The third-order valence-corrected chi connectivity index (χ3v) is 13.2. The van der Waals surface area contributed by atoms with Crippen LogP contribution in [-0.4, -0.2) is 51.4 Å². The largest absolute Gasteiger partial charge is 1.00 e. The second kappa shape index (κ2) is 10.5. The van der Waals surface area contributed by atoms with E-state index >= 15 is 0 Å². The van der Waals surface area contributed by atoms with E-state index in [-0.39, 0.29) is 72.6 Å². The standard InChI is InChI=1S/C19H31O3S2Si.2Li/c1-19(2,3)25(4,5)21-12-13-7-8-14-15(11-16(20)22-17(13)14)18-23-9-6-10-24-18;;/h7-8,11,13-15,17,20H,6,9-10,12H2,1-5H3;;/q;;+1/p-1/t13-,14+,15+,17+;;/m1../s1. The fourth-order valence-corrected chi connectivity index (χ4v) is 7.10. The van der Waals surface area contributed by atoms with Crippen molar-refractivity contribution in [2.45, 2.75) is 51.4 Å². The quantitative estimate of drug-likeness (QED) is 0.509. The zero-order chi connectivity index (χ0) is 18.2. The van der Waals surface area contributed by atoms with Crippen molar-refractivity contribution in [2.24, 2.45) is 17.8 Å². The van der Waals surface area contributed by atoms with Gasteiger partial charge in [0.25, 0.3) is 0 Å². The fraction of sp³-hybridized carbons (Fsp3) is 0.737. The van der Waals surface area contributed by atoms with Crippen LogP contribution in [0, 0.1) is 22.3 Å². The molecule has 2 radical (unpaired) electrons. The molecule has 0 spiro atoms. The Hall–Kier alpha value is 1.15. The average Bonchev–Trinajstić information content (AvgIpc) is 2.95. The molecule has 0 unspecified atom stereocenters. The van der Waals surface area contributed by atoms with Crippen LogP contribution in [0.5, 0.6) is 0 Å². The number of fused-ring (bicyclic) bond motifs is 1. The molecule has 1 fully saturated rings. The van der Waals surface area contributed by atoms with E-state index in [0.29, 0.717) is 6.61 Å². The summed E-state index contributed by atoms with van der Waals surface area (Å²) in [4.78, 5) is 0. The Morgan fingerprint density at radius 1 is 1.22 bits per heavy atom. The molecule has 0 aromatic heterocycles. The molecule has 8 heteroatoms. The molecule has 0 aromatic carbocycles. The SMILES string of the molecule is CC(C)(C)[Si](C)(C)OC[C@H]1C=C[C@@H]2[C@H]1OC([O-])=C[C@@H]2[C]1SCCCS1.[Li+].[Li]. The molecule has 0 N–H and O–H groups in total. The molecule has 3 aliphatic rings. The van der Waals surface area contributed by atoms with Crippen LogP contribution in [0.4, 0.5) is 0 Å².